The molecular formula is C19H30O. The highest BCUT2D eigenvalue weighted by Gasteiger charge is 2.27. The van der Waals surface area contributed by atoms with Crippen LogP contribution in [0.2, 0.25) is 0 Å². The molecule has 0 heterocycles. The Hall–Kier alpha value is -0.820. The van der Waals surface area contributed by atoms with E-state index >= 15 is 0 Å². The quantitative estimate of drug-likeness (QED) is 0.720. The van der Waals surface area contributed by atoms with Crippen molar-refractivity contribution in [3.8, 4) is 0 Å². The van der Waals surface area contributed by atoms with Crippen molar-refractivity contribution in [1.82, 2.24) is 0 Å². The average molecular weight is 274 g/mol. The van der Waals surface area contributed by atoms with Gasteiger partial charge in [-0.25, -0.2) is 0 Å². The Morgan fingerprint density at radius 1 is 1.00 bits per heavy atom. The van der Waals surface area contributed by atoms with Crippen LogP contribution >= 0.6 is 0 Å². The van der Waals surface area contributed by atoms with Crippen molar-refractivity contribution >= 4 is 0 Å². The molecule has 0 spiro atoms. The largest absolute Gasteiger partial charge is 0.390 e. The van der Waals surface area contributed by atoms with Gasteiger partial charge in [0.15, 0.2) is 0 Å². The standard InChI is InChI=1S/C19H30O/c1-2-3-9-17-10-8-11-18(16-17)12-15-19(20)13-6-4-5-7-14-19/h8,10-11,16,20H,2-7,9,12-15H2,1H3. The molecule has 1 heteroatoms. The lowest BCUT2D eigenvalue weighted by atomic mass is 9.87. The Kier molecular flexibility index (Phi) is 6.09. The molecule has 1 N–H and O–H groups in total. The lowest BCUT2D eigenvalue weighted by Gasteiger charge is -2.26. The Labute approximate surface area is 124 Å². The van der Waals surface area contributed by atoms with Crippen molar-refractivity contribution in [2.75, 3.05) is 0 Å². The summed E-state index contributed by atoms with van der Waals surface area (Å²) < 4.78 is 0. The molecule has 1 nitrogen and oxygen atoms in total. The summed E-state index contributed by atoms with van der Waals surface area (Å²) in [6.07, 6.45) is 12.7. The molecule has 0 atom stereocenters. The monoisotopic (exact) mass is 274 g/mol. The van der Waals surface area contributed by atoms with Gasteiger partial charge in [0, 0.05) is 0 Å². The van der Waals surface area contributed by atoms with Gasteiger partial charge in [0.1, 0.15) is 0 Å². The third-order valence-corrected chi connectivity index (χ3v) is 4.72. The zero-order chi connectivity index (χ0) is 14.3. The number of hydrogen-bond donors (Lipinski definition) is 1. The molecule has 0 unspecified atom stereocenters. The van der Waals surface area contributed by atoms with Crippen LogP contribution in [-0.2, 0) is 12.8 Å². The Morgan fingerprint density at radius 2 is 1.65 bits per heavy atom. The molecule has 0 bridgehead atoms. The van der Waals surface area contributed by atoms with Crippen LogP contribution in [0.5, 0.6) is 0 Å². The van der Waals surface area contributed by atoms with E-state index in [0.717, 1.165) is 25.7 Å². The SMILES string of the molecule is CCCCc1cccc(CCC2(O)CCCCCC2)c1. The summed E-state index contributed by atoms with van der Waals surface area (Å²) in [5.74, 6) is 0. The van der Waals surface area contributed by atoms with Crippen molar-refractivity contribution in [3.05, 3.63) is 35.4 Å². The minimum atomic E-state index is -0.393. The van der Waals surface area contributed by atoms with Crippen molar-refractivity contribution in [2.24, 2.45) is 0 Å². The normalized spacial score (nSPS) is 18.7. The van der Waals surface area contributed by atoms with Crippen LogP contribution in [0.1, 0.15) is 75.8 Å². The molecular weight excluding hydrogens is 244 g/mol. The second-order valence-corrected chi connectivity index (χ2v) is 6.56. The van der Waals surface area contributed by atoms with E-state index in [4.69, 9.17) is 0 Å². The highest BCUT2D eigenvalue weighted by Crippen LogP contribution is 2.31. The first-order chi connectivity index (χ1) is 9.72. The van der Waals surface area contributed by atoms with Gasteiger partial charge in [0.05, 0.1) is 5.60 Å². The number of aliphatic hydroxyl groups is 1. The van der Waals surface area contributed by atoms with Crippen molar-refractivity contribution < 1.29 is 5.11 Å². The van der Waals surface area contributed by atoms with E-state index in [-0.39, 0.29) is 0 Å². The Morgan fingerprint density at radius 3 is 2.30 bits per heavy atom. The fourth-order valence-electron chi connectivity index (χ4n) is 3.34. The van der Waals surface area contributed by atoms with Crippen molar-refractivity contribution in [3.63, 3.8) is 0 Å². The summed E-state index contributed by atoms with van der Waals surface area (Å²) in [6.45, 7) is 2.24. The van der Waals surface area contributed by atoms with E-state index in [1.54, 1.807) is 0 Å². The first kappa shape index (κ1) is 15.6. The molecule has 0 radical (unpaired) electrons. The molecule has 1 aromatic rings. The molecule has 1 aliphatic carbocycles. The van der Waals surface area contributed by atoms with Crippen LogP contribution in [0.4, 0.5) is 0 Å². The third-order valence-electron chi connectivity index (χ3n) is 4.72. The summed E-state index contributed by atoms with van der Waals surface area (Å²) in [4.78, 5) is 0. The first-order valence-electron chi connectivity index (χ1n) is 8.52. The molecule has 1 aliphatic rings. The molecule has 20 heavy (non-hydrogen) atoms. The molecule has 0 amide bonds. The van der Waals surface area contributed by atoms with Crippen molar-refractivity contribution in [1.29, 1.82) is 0 Å². The maximum Gasteiger partial charge on any atom is 0.0651 e. The van der Waals surface area contributed by atoms with Crippen molar-refractivity contribution in [2.45, 2.75) is 83.2 Å². The van der Waals surface area contributed by atoms with Crippen LogP contribution in [0, 0.1) is 0 Å². The second kappa shape index (κ2) is 7.83. The van der Waals surface area contributed by atoms with Crippen LogP contribution < -0.4 is 0 Å². The van der Waals surface area contributed by atoms with Gasteiger partial charge in [-0.05, 0) is 49.7 Å². The van der Waals surface area contributed by atoms with Crippen LogP contribution in [0.3, 0.4) is 0 Å². The summed E-state index contributed by atoms with van der Waals surface area (Å²) >= 11 is 0. The minimum Gasteiger partial charge on any atom is -0.390 e. The van der Waals surface area contributed by atoms with Gasteiger partial charge < -0.3 is 5.11 Å². The first-order valence-corrected chi connectivity index (χ1v) is 8.52. The predicted octanol–water partition coefficient (Wildman–Crippen LogP) is 5.05. The van der Waals surface area contributed by atoms with Gasteiger partial charge in [-0.3, -0.25) is 0 Å². The van der Waals surface area contributed by atoms with Gasteiger partial charge in [-0.15, -0.1) is 0 Å². The smallest absolute Gasteiger partial charge is 0.0651 e. The molecule has 112 valence electrons. The molecule has 0 aliphatic heterocycles. The topological polar surface area (TPSA) is 20.2 Å². The predicted molar refractivity (Wildman–Crippen MR) is 86.0 cm³/mol. The number of rotatable bonds is 6. The van der Waals surface area contributed by atoms with Gasteiger partial charge in [-0.2, -0.15) is 0 Å². The second-order valence-electron chi connectivity index (χ2n) is 6.56. The summed E-state index contributed by atoms with van der Waals surface area (Å²) in [6, 6.07) is 8.97. The zero-order valence-electron chi connectivity index (χ0n) is 13.0. The van der Waals surface area contributed by atoms with Crippen LogP contribution in [0.25, 0.3) is 0 Å². The van der Waals surface area contributed by atoms with E-state index in [1.807, 2.05) is 0 Å². The zero-order valence-corrected chi connectivity index (χ0v) is 13.0. The highest BCUT2D eigenvalue weighted by atomic mass is 16.3. The van der Waals surface area contributed by atoms with Crippen LogP contribution in [-0.4, -0.2) is 10.7 Å². The third kappa shape index (κ3) is 4.94. The molecule has 0 aromatic heterocycles. The number of hydrogen-bond acceptors (Lipinski definition) is 1. The number of benzene rings is 1. The molecule has 1 aromatic carbocycles. The maximum atomic E-state index is 10.7. The Bertz CT molecular complexity index is 389. The van der Waals surface area contributed by atoms with Gasteiger partial charge in [-0.1, -0.05) is 63.3 Å². The maximum absolute atomic E-state index is 10.7. The number of aryl methyl sites for hydroxylation is 2. The summed E-state index contributed by atoms with van der Waals surface area (Å²) in [5, 5.41) is 10.7. The Balaban J connectivity index is 1.89. The van der Waals surface area contributed by atoms with Crippen LogP contribution in [0.15, 0.2) is 24.3 Å². The highest BCUT2D eigenvalue weighted by molar-refractivity contribution is 5.24. The molecule has 2 rings (SSSR count). The summed E-state index contributed by atoms with van der Waals surface area (Å²) in [7, 11) is 0. The van der Waals surface area contributed by atoms with E-state index in [2.05, 4.69) is 31.2 Å². The fraction of sp³-hybridized carbons (Fsp3) is 0.684. The van der Waals surface area contributed by atoms with Gasteiger partial charge in [0.2, 0.25) is 0 Å². The van der Waals surface area contributed by atoms with Gasteiger partial charge in [0.25, 0.3) is 0 Å². The number of unbranched alkanes of at least 4 members (excludes halogenated alkanes) is 1. The fourth-order valence-corrected chi connectivity index (χ4v) is 3.34. The lowest BCUT2D eigenvalue weighted by molar-refractivity contribution is 0.0167. The molecule has 1 saturated carbocycles. The van der Waals surface area contributed by atoms with E-state index in [1.165, 1.54) is 56.1 Å². The molecule has 0 saturated heterocycles. The minimum absolute atomic E-state index is 0.393. The van der Waals surface area contributed by atoms with E-state index in [0.29, 0.717) is 0 Å². The van der Waals surface area contributed by atoms with E-state index in [9.17, 15) is 5.11 Å². The lowest BCUT2D eigenvalue weighted by Crippen LogP contribution is -2.28. The van der Waals surface area contributed by atoms with Gasteiger partial charge >= 0.3 is 0 Å². The summed E-state index contributed by atoms with van der Waals surface area (Å²) in [5.41, 5.74) is 2.46. The average Bonchev–Trinajstić information content (AvgIpc) is 2.69. The van der Waals surface area contributed by atoms with E-state index < -0.39 is 5.60 Å². The molecule has 1 fully saturated rings.